The van der Waals surface area contributed by atoms with E-state index in [0.717, 1.165) is 0 Å². The maximum atomic E-state index is 12.2. The fourth-order valence-corrected chi connectivity index (χ4v) is 3.34. The smallest absolute Gasteiger partial charge is 0.242 e. The van der Waals surface area contributed by atoms with Gasteiger partial charge in [-0.2, -0.15) is 15.2 Å². The number of benzene rings is 1. The maximum absolute atomic E-state index is 12.2. The Hall–Kier alpha value is -1.93. The molecule has 0 bridgehead atoms. The molecular weight excluding hydrogens is 264 g/mol. The van der Waals surface area contributed by atoms with Crippen LogP contribution in [0.4, 0.5) is 0 Å². The van der Waals surface area contributed by atoms with Crippen molar-refractivity contribution in [2.24, 2.45) is 0 Å². The summed E-state index contributed by atoms with van der Waals surface area (Å²) in [6, 6.07) is 9.61. The minimum atomic E-state index is -3.81. The van der Waals surface area contributed by atoms with E-state index in [0.29, 0.717) is 13.0 Å². The second-order valence-electron chi connectivity index (χ2n) is 4.37. The van der Waals surface area contributed by atoms with Crippen molar-refractivity contribution in [1.82, 2.24) is 10.0 Å². The summed E-state index contributed by atoms with van der Waals surface area (Å²) in [4.78, 5) is -0.00641. The molecule has 2 rings (SSSR count). The molecule has 0 unspecified atom stereocenters. The van der Waals surface area contributed by atoms with Crippen molar-refractivity contribution in [2.75, 3.05) is 13.1 Å². The zero-order chi connectivity index (χ0) is 13.9. The van der Waals surface area contributed by atoms with E-state index in [9.17, 15) is 8.42 Å². The van der Waals surface area contributed by atoms with E-state index < -0.39 is 15.6 Å². The molecule has 0 aromatic heterocycles. The van der Waals surface area contributed by atoms with Crippen LogP contribution in [0.1, 0.15) is 12.0 Å². The lowest BCUT2D eigenvalue weighted by Gasteiger charge is -2.21. The van der Waals surface area contributed by atoms with E-state index in [1.54, 1.807) is 0 Å². The lowest BCUT2D eigenvalue weighted by Crippen LogP contribution is -2.48. The number of sulfonamides is 1. The van der Waals surface area contributed by atoms with Crippen molar-refractivity contribution < 1.29 is 8.42 Å². The monoisotopic (exact) mass is 276 g/mol. The van der Waals surface area contributed by atoms with E-state index in [1.807, 2.05) is 12.1 Å². The normalized spacial score (nSPS) is 22.6. The summed E-state index contributed by atoms with van der Waals surface area (Å²) in [6.45, 7) is 0.870. The largest absolute Gasteiger partial charge is 0.314 e. The van der Waals surface area contributed by atoms with Crippen LogP contribution >= 0.6 is 0 Å². The van der Waals surface area contributed by atoms with Crippen LogP contribution in [0.2, 0.25) is 0 Å². The summed E-state index contributed by atoms with van der Waals surface area (Å²) in [6.07, 6.45) is 0.417. The van der Waals surface area contributed by atoms with Crippen LogP contribution in [0.3, 0.4) is 0 Å². The SMILES string of the molecule is N#Cc1cccc(S(=O)(=O)N[C@]2(C#N)CCNC2)c1. The zero-order valence-electron chi connectivity index (χ0n) is 10.0. The quantitative estimate of drug-likeness (QED) is 0.814. The van der Waals surface area contributed by atoms with Crippen molar-refractivity contribution >= 4 is 10.0 Å². The molecule has 1 aromatic rings. The third-order valence-electron chi connectivity index (χ3n) is 2.97. The van der Waals surface area contributed by atoms with Gasteiger partial charge in [0.25, 0.3) is 0 Å². The molecule has 1 fully saturated rings. The van der Waals surface area contributed by atoms with Crippen molar-refractivity contribution in [1.29, 1.82) is 10.5 Å². The number of hydrogen-bond acceptors (Lipinski definition) is 5. The second-order valence-corrected chi connectivity index (χ2v) is 6.05. The lowest BCUT2D eigenvalue weighted by atomic mass is 10.0. The van der Waals surface area contributed by atoms with Gasteiger partial charge in [0.15, 0.2) is 0 Å². The second kappa shape index (κ2) is 4.98. The number of hydrogen-bond donors (Lipinski definition) is 2. The van der Waals surface area contributed by atoms with Crippen LogP contribution in [0, 0.1) is 22.7 Å². The predicted molar refractivity (Wildman–Crippen MR) is 67.3 cm³/mol. The fraction of sp³-hybridized carbons (Fsp3) is 0.333. The Morgan fingerprint density at radius 1 is 1.37 bits per heavy atom. The molecule has 7 heteroatoms. The van der Waals surface area contributed by atoms with E-state index >= 15 is 0 Å². The summed E-state index contributed by atoms with van der Waals surface area (Å²) >= 11 is 0. The molecule has 19 heavy (non-hydrogen) atoms. The van der Waals surface area contributed by atoms with Gasteiger partial charge in [-0.3, -0.25) is 0 Å². The third kappa shape index (κ3) is 2.74. The highest BCUT2D eigenvalue weighted by molar-refractivity contribution is 7.89. The van der Waals surface area contributed by atoms with Gasteiger partial charge < -0.3 is 5.32 Å². The van der Waals surface area contributed by atoms with E-state index in [4.69, 9.17) is 10.5 Å². The van der Waals surface area contributed by atoms with Crippen molar-refractivity contribution in [3.05, 3.63) is 29.8 Å². The average Bonchev–Trinajstić information content (AvgIpc) is 2.87. The molecule has 1 aliphatic heterocycles. The Morgan fingerprint density at radius 3 is 2.74 bits per heavy atom. The minimum Gasteiger partial charge on any atom is -0.314 e. The predicted octanol–water partition coefficient (Wildman–Crippen LogP) is 0.0923. The molecule has 0 radical (unpaired) electrons. The Labute approximate surface area is 111 Å². The van der Waals surface area contributed by atoms with Gasteiger partial charge in [-0.1, -0.05) is 6.07 Å². The Kier molecular flexibility index (Phi) is 3.54. The molecule has 0 amide bonds. The van der Waals surface area contributed by atoms with E-state index in [2.05, 4.69) is 10.0 Å². The first-order valence-corrected chi connectivity index (χ1v) is 7.16. The van der Waals surface area contributed by atoms with Gasteiger partial charge >= 0.3 is 0 Å². The first-order chi connectivity index (χ1) is 9.01. The third-order valence-corrected chi connectivity index (χ3v) is 4.51. The highest BCUT2D eigenvalue weighted by Gasteiger charge is 2.38. The molecule has 1 atom stereocenters. The first kappa shape index (κ1) is 13.5. The van der Waals surface area contributed by atoms with Gasteiger partial charge in [-0.15, -0.1) is 0 Å². The van der Waals surface area contributed by atoms with Crippen LogP contribution in [-0.4, -0.2) is 27.0 Å². The topological polar surface area (TPSA) is 106 Å². The molecule has 1 aromatic carbocycles. The van der Waals surface area contributed by atoms with Gasteiger partial charge in [-0.05, 0) is 31.2 Å². The van der Waals surface area contributed by atoms with Crippen LogP contribution in [-0.2, 0) is 10.0 Å². The molecule has 0 saturated carbocycles. The van der Waals surface area contributed by atoms with Gasteiger partial charge in [0.1, 0.15) is 5.54 Å². The molecule has 1 aliphatic rings. The highest BCUT2D eigenvalue weighted by atomic mass is 32.2. The molecule has 0 spiro atoms. The van der Waals surface area contributed by atoms with Crippen molar-refractivity contribution in [3.8, 4) is 12.1 Å². The highest BCUT2D eigenvalue weighted by Crippen LogP contribution is 2.19. The molecule has 1 heterocycles. The van der Waals surface area contributed by atoms with Crippen molar-refractivity contribution in [2.45, 2.75) is 16.9 Å². The molecular formula is C12H12N4O2S. The van der Waals surface area contributed by atoms with Crippen LogP contribution in [0.5, 0.6) is 0 Å². The molecule has 6 nitrogen and oxygen atoms in total. The number of nitriles is 2. The number of rotatable bonds is 3. The number of nitrogens with zero attached hydrogens (tertiary/aromatic N) is 2. The van der Waals surface area contributed by atoms with Gasteiger partial charge in [-0.25, -0.2) is 8.42 Å². The molecule has 1 saturated heterocycles. The lowest BCUT2D eigenvalue weighted by molar-refractivity contribution is 0.506. The van der Waals surface area contributed by atoms with Crippen molar-refractivity contribution in [3.63, 3.8) is 0 Å². The van der Waals surface area contributed by atoms with Crippen LogP contribution in [0.15, 0.2) is 29.2 Å². The Bertz CT molecular complexity index is 664. The van der Waals surface area contributed by atoms with Gasteiger partial charge in [0, 0.05) is 6.54 Å². The number of nitrogens with one attached hydrogen (secondary N) is 2. The van der Waals surface area contributed by atoms with Crippen LogP contribution < -0.4 is 10.0 Å². The van der Waals surface area contributed by atoms with E-state index in [1.165, 1.54) is 24.3 Å². The Balaban J connectivity index is 2.33. The zero-order valence-corrected chi connectivity index (χ0v) is 10.9. The Morgan fingerprint density at radius 2 is 2.16 bits per heavy atom. The summed E-state index contributed by atoms with van der Waals surface area (Å²) in [5.74, 6) is 0. The summed E-state index contributed by atoms with van der Waals surface area (Å²) in [5, 5.41) is 20.9. The average molecular weight is 276 g/mol. The molecule has 0 aliphatic carbocycles. The minimum absolute atomic E-state index is 0.00641. The standard InChI is InChI=1S/C12H12N4O2S/c13-7-10-2-1-3-11(6-10)19(17,18)16-12(8-14)4-5-15-9-12/h1-3,6,15-16H,4-5,9H2/t12-/m0/s1. The maximum Gasteiger partial charge on any atom is 0.242 e. The van der Waals surface area contributed by atoms with Crippen LogP contribution in [0.25, 0.3) is 0 Å². The summed E-state index contributed by atoms with van der Waals surface area (Å²) in [5.41, 5.74) is -0.847. The first-order valence-electron chi connectivity index (χ1n) is 5.67. The summed E-state index contributed by atoms with van der Waals surface area (Å²) < 4.78 is 26.9. The molecule has 2 N–H and O–H groups in total. The molecule has 98 valence electrons. The van der Waals surface area contributed by atoms with E-state index in [-0.39, 0.29) is 17.0 Å². The van der Waals surface area contributed by atoms with Gasteiger partial charge in [0.05, 0.1) is 22.6 Å². The fourth-order valence-electron chi connectivity index (χ4n) is 1.95. The van der Waals surface area contributed by atoms with Gasteiger partial charge in [0.2, 0.25) is 10.0 Å². The summed E-state index contributed by atoms with van der Waals surface area (Å²) in [7, 11) is -3.81.